The topological polar surface area (TPSA) is 141 Å². The maximum Gasteiger partial charge on any atom is 0.269 e. The minimum absolute atomic E-state index is 0.0778. The first-order valence-corrected chi connectivity index (χ1v) is 10.1. The smallest absolute Gasteiger partial charge is 0.269 e. The molecule has 0 bridgehead atoms. The average molecular weight is 422 g/mol. The summed E-state index contributed by atoms with van der Waals surface area (Å²) >= 11 is 1.13. The van der Waals surface area contributed by atoms with E-state index in [1.807, 2.05) is 0 Å². The van der Waals surface area contributed by atoms with Crippen molar-refractivity contribution in [3.8, 4) is 5.75 Å². The molecule has 0 saturated carbocycles. The van der Waals surface area contributed by atoms with E-state index < -0.39 is 20.9 Å². The number of hydrogen-bond acceptors (Lipinski definition) is 8. The lowest BCUT2D eigenvalue weighted by molar-refractivity contribution is -0.384. The Morgan fingerprint density at radius 3 is 2.61 bits per heavy atom. The summed E-state index contributed by atoms with van der Waals surface area (Å²) in [6.07, 6.45) is 0. The number of nitrogens with one attached hydrogen (secondary N) is 2. The van der Waals surface area contributed by atoms with E-state index in [0.717, 1.165) is 11.3 Å². The van der Waals surface area contributed by atoms with Gasteiger partial charge in [0.25, 0.3) is 11.6 Å². The summed E-state index contributed by atoms with van der Waals surface area (Å²) in [6.45, 7) is -0.312. The number of fused-ring (bicyclic) bond motifs is 1. The number of benzene rings is 2. The van der Waals surface area contributed by atoms with Gasteiger partial charge < -0.3 is 4.74 Å². The van der Waals surface area contributed by atoms with Crippen molar-refractivity contribution in [3.63, 3.8) is 0 Å². The van der Waals surface area contributed by atoms with Crippen molar-refractivity contribution in [1.29, 1.82) is 0 Å². The van der Waals surface area contributed by atoms with Crippen molar-refractivity contribution in [1.82, 2.24) is 9.71 Å². The van der Waals surface area contributed by atoms with Crippen LogP contribution in [0.4, 0.5) is 10.8 Å². The fourth-order valence-corrected chi connectivity index (χ4v) is 3.96. The van der Waals surface area contributed by atoms with Crippen molar-refractivity contribution in [3.05, 3.63) is 52.6 Å². The molecule has 3 rings (SSSR count). The summed E-state index contributed by atoms with van der Waals surface area (Å²) in [7, 11) is -2.25. The van der Waals surface area contributed by atoms with Crippen molar-refractivity contribution < 1.29 is 22.9 Å². The highest BCUT2D eigenvalue weighted by Crippen LogP contribution is 2.28. The summed E-state index contributed by atoms with van der Waals surface area (Å²) in [4.78, 5) is 26.4. The van der Waals surface area contributed by atoms with Crippen molar-refractivity contribution in [2.75, 3.05) is 19.0 Å². The summed E-state index contributed by atoms with van der Waals surface area (Å²) in [5.41, 5.74) is 0.470. The lowest BCUT2D eigenvalue weighted by Gasteiger charge is -2.05. The van der Waals surface area contributed by atoms with Crippen LogP contribution in [-0.2, 0) is 14.8 Å². The normalized spacial score (nSPS) is 11.3. The summed E-state index contributed by atoms with van der Waals surface area (Å²) in [6, 6.07) is 9.80. The van der Waals surface area contributed by atoms with Gasteiger partial charge in [-0.2, -0.15) is 0 Å². The zero-order valence-corrected chi connectivity index (χ0v) is 16.0. The van der Waals surface area contributed by atoms with Gasteiger partial charge >= 0.3 is 0 Å². The van der Waals surface area contributed by atoms with E-state index in [0.29, 0.717) is 21.1 Å². The van der Waals surface area contributed by atoms with Crippen LogP contribution in [0.1, 0.15) is 0 Å². The molecule has 1 amide bonds. The fourth-order valence-electron chi connectivity index (χ4n) is 2.21. The standard InChI is InChI=1S/C16H14N4O6S2/c1-17-28(24,25)12-6-7-13-14(8-12)27-16(18-13)19-15(21)9-26-11-4-2-10(3-5-11)20(22)23/h2-8,17H,9H2,1H3,(H,18,19,21). The Morgan fingerprint density at radius 2 is 1.96 bits per heavy atom. The lowest BCUT2D eigenvalue weighted by atomic mass is 10.3. The third kappa shape index (κ3) is 4.42. The summed E-state index contributed by atoms with van der Waals surface area (Å²) in [5, 5.41) is 13.5. The number of aromatic nitrogens is 1. The molecule has 1 heterocycles. The second kappa shape index (κ2) is 7.88. The zero-order chi connectivity index (χ0) is 20.3. The number of sulfonamides is 1. The van der Waals surface area contributed by atoms with Gasteiger partial charge in [-0.25, -0.2) is 18.1 Å². The monoisotopic (exact) mass is 422 g/mol. The van der Waals surface area contributed by atoms with Gasteiger partial charge in [0, 0.05) is 12.1 Å². The molecule has 0 radical (unpaired) electrons. The van der Waals surface area contributed by atoms with E-state index in [2.05, 4.69) is 15.0 Å². The number of non-ortho nitro benzene ring substituents is 1. The first-order valence-electron chi connectivity index (χ1n) is 7.80. The first-order chi connectivity index (χ1) is 13.3. The minimum Gasteiger partial charge on any atom is -0.484 e. The van der Waals surface area contributed by atoms with E-state index in [-0.39, 0.29) is 17.2 Å². The van der Waals surface area contributed by atoms with Crippen molar-refractivity contribution in [2.24, 2.45) is 0 Å². The van der Waals surface area contributed by atoms with Gasteiger partial charge in [0.2, 0.25) is 10.0 Å². The van der Waals surface area contributed by atoms with Crippen LogP contribution in [0.5, 0.6) is 5.75 Å². The number of carbonyl (C=O) groups excluding carboxylic acids is 1. The number of anilines is 1. The van der Waals surface area contributed by atoms with Crippen molar-refractivity contribution in [2.45, 2.75) is 4.90 Å². The largest absolute Gasteiger partial charge is 0.484 e. The molecule has 146 valence electrons. The van der Waals surface area contributed by atoms with Gasteiger partial charge in [0.1, 0.15) is 5.75 Å². The molecular weight excluding hydrogens is 408 g/mol. The Balaban J connectivity index is 1.65. The molecule has 28 heavy (non-hydrogen) atoms. The van der Waals surface area contributed by atoms with Gasteiger partial charge in [-0.05, 0) is 37.4 Å². The van der Waals surface area contributed by atoms with Crippen LogP contribution in [-0.4, -0.2) is 37.9 Å². The second-order valence-corrected chi connectivity index (χ2v) is 8.36. The maximum atomic E-state index is 12.0. The number of nitro benzene ring substituents is 1. The van der Waals surface area contributed by atoms with Crippen LogP contribution in [0.25, 0.3) is 10.2 Å². The van der Waals surface area contributed by atoms with Gasteiger partial charge in [0.15, 0.2) is 11.7 Å². The third-order valence-electron chi connectivity index (χ3n) is 3.60. The van der Waals surface area contributed by atoms with Gasteiger partial charge in [-0.3, -0.25) is 20.2 Å². The molecule has 0 fully saturated rings. The van der Waals surface area contributed by atoms with Crippen LogP contribution in [0.3, 0.4) is 0 Å². The predicted octanol–water partition coefficient (Wildman–Crippen LogP) is 2.13. The van der Waals surface area contributed by atoms with Gasteiger partial charge in [-0.1, -0.05) is 11.3 Å². The molecule has 0 aliphatic rings. The van der Waals surface area contributed by atoms with E-state index in [9.17, 15) is 23.3 Å². The average Bonchev–Trinajstić information content (AvgIpc) is 3.08. The van der Waals surface area contributed by atoms with Crippen LogP contribution >= 0.6 is 11.3 Å². The molecule has 10 nitrogen and oxygen atoms in total. The lowest BCUT2D eigenvalue weighted by Crippen LogP contribution is -2.19. The maximum absolute atomic E-state index is 12.0. The second-order valence-electron chi connectivity index (χ2n) is 5.44. The molecule has 0 saturated heterocycles. The Hall–Kier alpha value is -3.09. The number of carbonyl (C=O) groups is 1. The SMILES string of the molecule is CNS(=O)(=O)c1ccc2nc(NC(=O)COc3ccc([N+](=O)[O-])cc3)sc2c1. The molecular formula is C16H14N4O6S2. The molecule has 2 N–H and O–H groups in total. The molecule has 3 aromatic rings. The van der Waals surface area contributed by atoms with E-state index in [1.54, 1.807) is 6.07 Å². The molecule has 2 aromatic carbocycles. The summed E-state index contributed by atoms with van der Waals surface area (Å²) in [5.74, 6) is -0.160. The molecule has 0 aliphatic carbocycles. The van der Waals surface area contributed by atoms with Gasteiger partial charge in [0.05, 0.1) is 20.0 Å². The van der Waals surface area contributed by atoms with Crippen LogP contribution in [0.2, 0.25) is 0 Å². The number of nitrogens with zero attached hydrogens (tertiary/aromatic N) is 2. The predicted molar refractivity (Wildman–Crippen MR) is 103 cm³/mol. The Bertz CT molecular complexity index is 1140. The number of rotatable bonds is 7. The van der Waals surface area contributed by atoms with Crippen molar-refractivity contribution >= 4 is 48.3 Å². The number of amides is 1. The molecule has 1 aromatic heterocycles. The van der Waals surface area contributed by atoms with Crippen LogP contribution < -0.4 is 14.8 Å². The summed E-state index contributed by atoms with van der Waals surface area (Å²) < 4.78 is 31.8. The molecule has 0 spiro atoms. The van der Waals surface area contributed by atoms with E-state index >= 15 is 0 Å². The highest BCUT2D eigenvalue weighted by molar-refractivity contribution is 7.89. The van der Waals surface area contributed by atoms with Gasteiger partial charge in [-0.15, -0.1) is 0 Å². The highest BCUT2D eigenvalue weighted by atomic mass is 32.2. The van der Waals surface area contributed by atoms with Crippen LogP contribution in [0, 0.1) is 10.1 Å². The number of ether oxygens (including phenoxy) is 1. The number of thiazole rings is 1. The van der Waals surface area contributed by atoms with E-state index in [1.165, 1.54) is 43.4 Å². The number of hydrogen-bond donors (Lipinski definition) is 2. The van der Waals surface area contributed by atoms with E-state index in [4.69, 9.17) is 4.74 Å². The first kappa shape index (κ1) is 19.7. The Kier molecular flexibility index (Phi) is 5.53. The molecule has 0 atom stereocenters. The highest BCUT2D eigenvalue weighted by Gasteiger charge is 2.14. The quantitative estimate of drug-likeness (QED) is 0.439. The third-order valence-corrected chi connectivity index (χ3v) is 5.95. The fraction of sp³-hybridized carbons (Fsp3) is 0.125. The zero-order valence-electron chi connectivity index (χ0n) is 14.4. The molecule has 0 unspecified atom stereocenters. The molecule has 12 heteroatoms. The minimum atomic E-state index is -3.57. The molecule has 0 aliphatic heterocycles. The Morgan fingerprint density at radius 1 is 1.25 bits per heavy atom. The Labute approximate surface area is 163 Å². The number of nitro groups is 1. The van der Waals surface area contributed by atoms with Crippen LogP contribution in [0.15, 0.2) is 47.4 Å².